The maximum Gasteiger partial charge on any atom is 0.255 e. The molecule has 0 saturated carbocycles. The van der Waals surface area contributed by atoms with Gasteiger partial charge in [-0.3, -0.25) is 4.79 Å². The van der Waals surface area contributed by atoms with Crippen LogP contribution in [-0.2, 0) is 0 Å². The molecule has 1 amide bonds. The number of piperidine rings is 1. The second-order valence-corrected chi connectivity index (χ2v) is 9.72. The summed E-state index contributed by atoms with van der Waals surface area (Å²) in [6, 6.07) is 22.1. The lowest BCUT2D eigenvalue weighted by molar-refractivity contribution is 0.102. The molecule has 0 spiro atoms. The van der Waals surface area contributed by atoms with E-state index in [1.54, 1.807) is 7.11 Å². The van der Waals surface area contributed by atoms with Gasteiger partial charge in [0.2, 0.25) is 0 Å². The van der Waals surface area contributed by atoms with Crippen LogP contribution >= 0.6 is 0 Å². The van der Waals surface area contributed by atoms with Crippen molar-refractivity contribution in [3.8, 4) is 28.3 Å². The number of anilines is 1. The van der Waals surface area contributed by atoms with Crippen LogP contribution in [0.4, 0.5) is 5.69 Å². The van der Waals surface area contributed by atoms with Crippen molar-refractivity contribution in [3.63, 3.8) is 0 Å². The molecule has 0 unspecified atom stereocenters. The van der Waals surface area contributed by atoms with Gasteiger partial charge in [-0.25, -0.2) is 5.10 Å². The molecular weight excluding hydrogens is 464 g/mol. The molecule has 1 fully saturated rings. The largest absolute Gasteiger partial charge is 0.496 e. The molecule has 8 heteroatoms. The molecule has 4 aromatic rings. The summed E-state index contributed by atoms with van der Waals surface area (Å²) in [6.45, 7) is 6.65. The van der Waals surface area contributed by atoms with Gasteiger partial charge >= 0.3 is 0 Å². The number of amides is 1. The zero-order chi connectivity index (χ0) is 25.8. The zero-order valence-corrected chi connectivity index (χ0v) is 21.4. The minimum atomic E-state index is -0.134. The number of ether oxygens (including phenoxy) is 1. The summed E-state index contributed by atoms with van der Waals surface area (Å²) in [5.41, 5.74) is 5.55. The fourth-order valence-electron chi connectivity index (χ4n) is 4.98. The molecule has 0 aliphatic carbocycles. The van der Waals surface area contributed by atoms with E-state index in [1.165, 1.54) is 5.56 Å². The predicted molar refractivity (Wildman–Crippen MR) is 145 cm³/mol. The summed E-state index contributed by atoms with van der Waals surface area (Å²) in [6.07, 6.45) is 2.17. The third kappa shape index (κ3) is 5.54. The Morgan fingerprint density at radius 2 is 1.62 bits per heavy atom. The lowest BCUT2D eigenvalue weighted by atomic mass is 9.88. The van der Waals surface area contributed by atoms with Crippen molar-refractivity contribution >= 4 is 11.6 Å². The van der Waals surface area contributed by atoms with Gasteiger partial charge in [0.25, 0.3) is 5.91 Å². The standard InChI is InChI=1S/C29H32N6O2/c1-19(2)35-16-14-22(15-17-35)26-18-25(12-13-27(26)37-3)30-29(36)24-10-6-21(7-11-24)20-4-8-23(9-5-20)28-31-33-34-32-28/h4-13,18-19,22H,14-17H2,1-3H3,(H,30,36)(H,31,32,33,34). The van der Waals surface area contributed by atoms with Gasteiger partial charge in [0.1, 0.15) is 5.75 Å². The van der Waals surface area contributed by atoms with Gasteiger partial charge < -0.3 is 15.0 Å². The second-order valence-electron chi connectivity index (χ2n) is 9.72. The fourth-order valence-corrected chi connectivity index (χ4v) is 4.98. The van der Waals surface area contributed by atoms with Gasteiger partial charge in [0.15, 0.2) is 5.82 Å². The van der Waals surface area contributed by atoms with Crippen LogP contribution in [-0.4, -0.2) is 57.7 Å². The van der Waals surface area contributed by atoms with E-state index >= 15 is 0 Å². The van der Waals surface area contributed by atoms with E-state index in [9.17, 15) is 4.79 Å². The minimum Gasteiger partial charge on any atom is -0.496 e. The van der Waals surface area contributed by atoms with Crippen molar-refractivity contribution in [2.24, 2.45) is 0 Å². The van der Waals surface area contributed by atoms with Crippen molar-refractivity contribution in [1.29, 1.82) is 0 Å². The molecule has 2 N–H and O–H groups in total. The third-order valence-electron chi connectivity index (χ3n) is 7.17. The van der Waals surface area contributed by atoms with Gasteiger partial charge in [0.05, 0.1) is 7.11 Å². The first-order chi connectivity index (χ1) is 18.0. The molecule has 1 aliphatic heterocycles. The van der Waals surface area contributed by atoms with E-state index in [2.05, 4.69) is 50.8 Å². The second kappa shape index (κ2) is 10.9. The monoisotopic (exact) mass is 496 g/mol. The normalized spacial score (nSPS) is 14.6. The number of nitrogens with one attached hydrogen (secondary N) is 2. The minimum absolute atomic E-state index is 0.134. The molecule has 2 heterocycles. The summed E-state index contributed by atoms with van der Waals surface area (Å²) in [4.78, 5) is 15.5. The lowest BCUT2D eigenvalue weighted by Gasteiger charge is -2.35. The highest BCUT2D eigenvalue weighted by atomic mass is 16.5. The Labute approximate surface area is 217 Å². The summed E-state index contributed by atoms with van der Waals surface area (Å²) < 4.78 is 5.66. The van der Waals surface area contributed by atoms with E-state index in [1.807, 2.05) is 60.7 Å². The SMILES string of the molecule is COc1ccc(NC(=O)c2ccc(-c3ccc(-c4nnn[nH]4)cc3)cc2)cc1C1CCN(C(C)C)CC1. The molecule has 1 saturated heterocycles. The smallest absolute Gasteiger partial charge is 0.255 e. The summed E-state index contributed by atoms with van der Waals surface area (Å²) in [5.74, 6) is 1.80. The fraction of sp³-hybridized carbons (Fsp3) is 0.310. The Morgan fingerprint density at radius 3 is 2.22 bits per heavy atom. The van der Waals surface area contributed by atoms with E-state index in [-0.39, 0.29) is 5.91 Å². The number of carbonyl (C=O) groups is 1. The van der Waals surface area contributed by atoms with Gasteiger partial charge in [-0.1, -0.05) is 36.4 Å². The van der Waals surface area contributed by atoms with E-state index in [0.29, 0.717) is 23.3 Å². The molecule has 37 heavy (non-hydrogen) atoms. The molecule has 0 bridgehead atoms. The molecular formula is C29H32N6O2. The molecule has 8 nitrogen and oxygen atoms in total. The van der Waals surface area contributed by atoms with Crippen molar-refractivity contribution in [2.45, 2.75) is 38.6 Å². The van der Waals surface area contributed by atoms with E-state index < -0.39 is 0 Å². The highest BCUT2D eigenvalue weighted by Crippen LogP contribution is 2.36. The highest BCUT2D eigenvalue weighted by molar-refractivity contribution is 6.04. The molecule has 0 atom stereocenters. The number of methoxy groups -OCH3 is 1. The number of hydrogen-bond acceptors (Lipinski definition) is 6. The number of likely N-dealkylation sites (tertiary alicyclic amines) is 1. The molecule has 1 aromatic heterocycles. The van der Waals surface area contributed by atoms with Crippen LogP contribution in [0.3, 0.4) is 0 Å². The quantitative estimate of drug-likeness (QED) is 0.357. The van der Waals surface area contributed by atoms with Crippen LogP contribution in [0.25, 0.3) is 22.5 Å². The maximum atomic E-state index is 13.0. The number of benzene rings is 3. The first-order valence-corrected chi connectivity index (χ1v) is 12.7. The van der Waals surface area contributed by atoms with Gasteiger partial charge in [-0.2, -0.15) is 0 Å². The van der Waals surface area contributed by atoms with Crippen molar-refractivity contribution in [2.75, 3.05) is 25.5 Å². The van der Waals surface area contributed by atoms with E-state index in [4.69, 9.17) is 4.74 Å². The predicted octanol–water partition coefficient (Wildman–Crippen LogP) is 5.38. The molecule has 1 aliphatic rings. The van der Waals surface area contributed by atoms with Crippen LogP contribution in [0, 0.1) is 0 Å². The van der Waals surface area contributed by atoms with Crippen LogP contribution in [0.2, 0.25) is 0 Å². The average Bonchev–Trinajstić information content (AvgIpc) is 3.48. The van der Waals surface area contributed by atoms with Crippen LogP contribution in [0.15, 0.2) is 66.7 Å². The van der Waals surface area contributed by atoms with Crippen LogP contribution in [0.1, 0.15) is 48.5 Å². The number of tetrazole rings is 1. The number of aromatic nitrogens is 4. The molecule has 0 radical (unpaired) electrons. The van der Waals surface area contributed by atoms with Gasteiger partial charge in [-0.15, -0.1) is 5.10 Å². The topological polar surface area (TPSA) is 96.0 Å². The summed E-state index contributed by atoms with van der Waals surface area (Å²) >= 11 is 0. The van der Waals surface area contributed by atoms with Gasteiger partial charge in [-0.05, 0) is 103 Å². The summed E-state index contributed by atoms with van der Waals surface area (Å²) in [7, 11) is 1.71. The molecule has 5 rings (SSSR count). The third-order valence-corrected chi connectivity index (χ3v) is 7.17. The number of H-pyrrole nitrogens is 1. The number of rotatable bonds is 7. The zero-order valence-electron chi connectivity index (χ0n) is 21.4. The Hall–Kier alpha value is -4.04. The first kappa shape index (κ1) is 24.6. The lowest BCUT2D eigenvalue weighted by Crippen LogP contribution is -2.37. The van der Waals surface area contributed by atoms with E-state index in [0.717, 1.165) is 54.1 Å². The Morgan fingerprint density at radius 1 is 0.973 bits per heavy atom. The molecule has 3 aromatic carbocycles. The van der Waals surface area contributed by atoms with Crippen molar-refractivity contribution < 1.29 is 9.53 Å². The Balaban J connectivity index is 1.26. The van der Waals surface area contributed by atoms with Crippen LogP contribution in [0.5, 0.6) is 5.75 Å². The van der Waals surface area contributed by atoms with Crippen molar-refractivity contribution in [3.05, 3.63) is 77.9 Å². The first-order valence-electron chi connectivity index (χ1n) is 12.7. The molecule has 190 valence electrons. The average molecular weight is 497 g/mol. The maximum absolute atomic E-state index is 13.0. The Kier molecular flexibility index (Phi) is 7.28. The number of nitrogens with zero attached hydrogens (tertiary/aromatic N) is 4. The van der Waals surface area contributed by atoms with Crippen molar-refractivity contribution in [1.82, 2.24) is 25.5 Å². The van der Waals surface area contributed by atoms with Crippen LogP contribution < -0.4 is 10.1 Å². The van der Waals surface area contributed by atoms with Gasteiger partial charge in [0, 0.05) is 22.9 Å². The number of carbonyl (C=O) groups excluding carboxylic acids is 1. The highest BCUT2D eigenvalue weighted by Gasteiger charge is 2.24. The Bertz CT molecular complexity index is 1330. The number of hydrogen-bond donors (Lipinski definition) is 2. The number of aromatic amines is 1. The summed E-state index contributed by atoms with van der Waals surface area (Å²) in [5, 5.41) is 17.0.